The third kappa shape index (κ3) is 3.93. The second-order valence-electron chi connectivity index (χ2n) is 4.78. The molecular weight excluding hydrogens is 382 g/mol. The average molecular weight is 397 g/mol. The highest BCUT2D eigenvalue weighted by Gasteiger charge is 2.07. The monoisotopic (exact) mass is 395 g/mol. The van der Waals surface area contributed by atoms with Gasteiger partial charge in [0.2, 0.25) is 5.91 Å². The summed E-state index contributed by atoms with van der Waals surface area (Å²) in [5, 5.41) is 2.94. The molecular formula is C16H15Br2NO. The largest absolute Gasteiger partial charge is 0.326 e. The Kier molecular flexibility index (Phi) is 5.00. The molecule has 2 rings (SSSR count). The minimum absolute atomic E-state index is 0.00607. The summed E-state index contributed by atoms with van der Waals surface area (Å²) in [6, 6.07) is 11.7. The number of nitrogens with one attached hydrogen (secondary N) is 1. The van der Waals surface area contributed by atoms with Crippen molar-refractivity contribution in [2.24, 2.45) is 0 Å². The topological polar surface area (TPSA) is 29.1 Å². The number of carbonyl (C=O) groups excluding carboxylic acids is 1. The Bertz CT molecular complexity index is 612. The van der Waals surface area contributed by atoms with Crippen LogP contribution < -0.4 is 5.32 Å². The van der Waals surface area contributed by atoms with Gasteiger partial charge in [-0.3, -0.25) is 4.79 Å². The smallest absolute Gasteiger partial charge is 0.228 e. The van der Waals surface area contributed by atoms with Gasteiger partial charge in [0.05, 0.1) is 6.42 Å². The van der Waals surface area contributed by atoms with Crippen molar-refractivity contribution in [1.29, 1.82) is 0 Å². The maximum absolute atomic E-state index is 12.0. The van der Waals surface area contributed by atoms with E-state index in [-0.39, 0.29) is 5.91 Å². The van der Waals surface area contributed by atoms with Crippen LogP contribution in [0.2, 0.25) is 0 Å². The van der Waals surface area contributed by atoms with Crippen molar-refractivity contribution in [2.75, 3.05) is 5.32 Å². The summed E-state index contributed by atoms with van der Waals surface area (Å²) in [5.74, 6) is -0.00607. The minimum atomic E-state index is -0.00607. The molecule has 1 N–H and O–H groups in total. The molecule has 4 heteroatoms. The number of carbonyl (C=O) groups is 1. The summed E-state index contributed by atoms with van der Waals surface area (Å²) in [6.07, 6.45) is 0.376. The van der Waals surface area contributed by atoms with Crippen LogP contribution in [0.4, 0.5) is 5.69 Å². The van der Waals surface area contributed by atoms with E-state index < -0.39 is 0 Å². The normalized spacial score (nSPS) is 10.4. The van der Waals surface area contributed by atoms with Gasteiger partial charge in [0.1, 0.15) is 0 Å². The molecule has 0 saturated carbocycles. The zero-order chi connectivity index (χ0) is 14.7. The summed E-state index contributed by atoms with van der Waals surface area (Å²) in [4.78, 5) is 12.0. The van der Waals surface area contributed by atoms with Crippen molar-refractivity contribution < 1.29 is 4.79 Å². The number of hydrogen-bond acceptors (Lipinski definition) is 1. The van der Waals surface area contributed by atoms with E-state index >= 15 is 0 Å². The summed E-state index contributed by atoms with van der Waals surface area (Å²) in [7, 11) is 0. The average Bonchev–Trinajstić information content (AvgIpc) is 2.38. The van der Waals surface area contributed by atoms with Crippen LogP contribution in [0.3, 0.4) is 0 Å². The molecule has 0 saturated heterocycles. The van der Waals surface area contributed by atoms with E-state index in [9.17, 15) is 4.79 Å². The molecule has 0 radical (unpaired) electrons. The van der Waals surface area contributed by atoms with Gasteiger partial charge in [0.25, 0.3) is 0 Å². The third-order valence-corrected chi connectivity index (χ3v) is 4.78. The minimum Gasteiger partial charge on any atom is -0.326 e. The van der Waals surface area contributed by atoms with Gasteiger partial charge in [-0.15, -0.1) is 0 Å². The Morgan fingerprint density at radius 3 is 2.15 bits per heavy atom. The zero-order valence-electron chi connectivity index (χ0n) is 11.3. The predicted octanol–water partition coefficient (Wildman–Crippen LogP) is 5.01. The summed E-state index contributed by atoms with van der Waals surface area (Å²) < 4.78 is 2.10. The Morgan fingerprint density at radius 2 is 1.60 bits per heavy atom. The standard InChI is InChI=1S/C16H15Br2NO/c1-10-7-14(8-11(2)16(10)18)19-15(20)9-12-3-5-13(17)6-4-12/h3-8H,9H2,1-2H3,(H,19,20). The fourth-order valence-electron chi connectivity index (χ4n) is 2.01. The number of halogens is 2. The Labute approximate surface area is 135 Å². The quantitative estimate of drug-likeness (QED) is 0.776. The van der Waals surface area contributed by atoms with Gasteiger partial charge in [-0.1, -0.05) is 44.0 Å². The molecule has 20 heavy (non-hydrogen) atoms. The Morgan fingerprint density at radius 1 is 1.05 bits per heavy atom. The molecule has 0 unspecified atom stereocenters. The highest BCUT2D eigenvalue weighted by atomic mass is 79.9. The molecule has 0 bridgehead atoms. The number of hydrogen-bond donors (Lipinski definition) is 1. The Balaban J connectivity index is 2.06. The van der Waals surface area contributed by atoms with Crippen LogP contribution in [-0.4, -0.2) is 5.91 Å². The second kappa shape index (κ2) is 6.55. The van der Waals surface area contributed by atoms with Crippen LogP contribution in [0.1, 0.15) is 16.7 Å². The molecule has 0 atom stereocenters. The summed E-state index contributed by atoms with van der Waals surface area (Å²) in [5.41, 5.74) is 4.06. The molecule has 104 valence electrons. The molecule has 0 heterocycles. The molecule has 0 aliphatic rings. The van der Waals surface area contributed by atoms with Crippen molar-refractivity contribution in [1.82, 2.24) is 0 Å². The van der Waals surface area contributed by atoms with Crippen LogP contribution in [0.15, 0.2) is 45.3 Å². The highest BCUT2D eigenvalue weighted by molar-refractivity contribution is 9.10. The number of anilines is 1. The maximum Gasteiger partial charge on any atom is 0.228 e. The van der Waals surface area contributed by atoms with Crippen LogP contribution in [0.25, 0.3) is 0 Å². The van der Waals surface area contributed by atoms with Gasteiger partial charge >= 0.3 is 0 Å². The lowest BCUT2D eigenvalue weighted by atomic mass is 10.1. The second-order valence-corrected chi connectivity index (χ2v) is 6.48. The van der Waals surface area contributed by atoms with E-state index in [0.717, 1.165) is 31.3 Å². The van der Waals surface area contributed by atoms with Crippen molar-refractivity contribution in [3.8, 4) is 0 Å². The molecule has 0 aromatic heterocycles. The lowest BCUT2D eigenvalue weighted by molar-refractivity contribution is -0.115. The van der Waals surface area contributed by atoms with E-state index in [1.165, 1.54) is 0 Å². The molecule has 0 aliphatic heterocycles. The predicted molar refractivity (Wildman–Crippen MR) is 90.1 cm³/mol. The first-order chi connectivity index (χ1) is 9.45. The number of amides is 1. The lowest BCUT2D eigenvalue weighted by Crippen LogP contribution is -2.14. The van der Waals surface area contributed by atoms with E-state index in [1.54, 1.807) is 0 Å². The van der Waals surface area contributed by atoms with Gasteiger partial charge in [-0.25, -0.2) is 0 Å². The van der Waals surface area contributed by atoms with E-state index in [2.05, 4.69) is 37.2 Å². The SMILES string of the molecule is Cc1cc(NC(=O)Cc2ccc(Br)cc2)cc(C)c1Br. The molecule has 0 aliphatic carbocycles. The zero-order valence-corrected chi connectivity index (χ0v) is 14.5. The summed E-state index contributed by atoms with van der Waals surface area (Å²) >= 11 is 6.91. The fraction of sp³-hybridized carbons (Fsp3) is 0.188. The van der Waals surface area contributed by atoms with Crippen molar-refractivity contribution >= 4 is 43.5 Å². The molecule has 2 aromatic carbocycles. The number of rotatable bonds is 3. The number of benzene rings is 2. The van der Waals surface area contributed by atoms with E-state index in [4.69, 9.17) is 0 Å². The van der Waals surface area contributed by atoms with Gasteiger partial charge in [-0.05, 0) is 54.8 Å². The molecule has 2 aromatic rings. The van der Waals surface area contributed by atoms with Gasteiger partial charge < -0.3 is 5.32 Å². The van der Waals surface area contributed by atoms with Crippen LogP contribution in [0, 0.1) is 13.8 Å². The first-order valence-electron chi connectivity index (χ1n) is 6.27. The van der Waals surface area contributed by atoms with Crippen molar-refractivity contribution in [3.05, 3.63) is 62.0 Å². The third-order valence-electron chi connectivity index (χ3n) is 3.00. The fourth-order valence-corrected chi connectivity index (χ4v) is 2.50. The molecule has 2 nitrogen and oxygen atoms in total. The molecule has 0 fully saturated rings. The van der Waals surface area contributed by atoms with Gasteiger partial charge in [0, 0.05) is 14.6 Å². The first-order valence-corrected chi connectivity index (χ1v) is 7.85. The Hall–Kier alpha value is -1.13. The maximum atomic E-state index is 12.0. The molecule has 1 amide bonds. The summed E-state index contributed by atoms with van der Waals surface area (Å²) in [6.45, 7) is 4.03. The van der Waals surface area contributed by atoms with Gasteiger partial charge in [-0.2, -0.15) is 0 Å². The highest BCUT2D eigenvalue weighted by Crippen LogP contribution is 2.25. The lowest BCUT2D eigenvalue weighted by Gasteiger charge is -2.10. The first kappa shape index (κ1) is 15.3. The van der Waals surface area contributed by atoms with Crippen LogP contribution in [-0.2, 0) is 11.2 Å². The van der Waals surface area contributed by atoms with Gasteiger partial charge in [0.15, 0.2) is 0 Å². The number of aryl methyl sites for hydroxylation is 2. The van der Waals surface area contributed by atoms with Crippen LogP contribution >= 0.6 is 31.9 Å². The van der Waals surface area contributed by atoms with Crippen LogP contribution in [0.5, 0.6) is 0 Å². The molecule has 0 spiro atoms. The van der Waals surface area contributed by atoms with E-state index in [1.807, 2.05) is 50.2 Å². The van der Waals surface area contributed by atoms with Crippen molar-refractivity contribution in [3.63, 3.8) is 0 Å². The van der Waals surface area contributed by atoms with E-state index in [0.29, 0.717) is 6.42 Å². The van der Waals surface area contributed by atoms with Crippen molar-refractivity contribution in [2.45, 2.75) is 20.3 Å².